The maximum atomic E-state index is 12.0. The average Bonchev–Trinajstić information content (AvgIpc) is 2.56. The molecule has 2 amide bonds. The number of carboxylic acids is 1. The molecule has 0 aromatic heterocycles. The Bertz CT molecular complexity index is 542. The maximum Gasteiger partial charge on any atom is 0.303 e. The minimum atomic E-state index is -0.794. The van der Waals surface area contributed by atoms with Crippen LogP contribution in [0.25, 0.3) is 0 Å². The highest BCUT2D eigenvalue weighted by molar-refractivity contribution is 5.94. The van der Waals surface area contributed by atoms with Crippen LogP contribution >= 0.6 is 0 Å². The zero-order valence-electron chi connectivity index (χ0n) is 13.8. The monoisotopic (exact) mass is 336 g/mol. The molecule has 3 N–H and O–H groups in total. The first-order valence-corrected chi connectivity index (χ1v) is 7.87. The van der Waals surface area contributed by atoms with E-state index in [4.69, 9.17) is 9.84 Å². The molecule has 0 saturated heterocycles. The van der Waals surface area contributed by atoms with Crippen LogP contribution in [0.5, 0.6) is 0 Å². The van der Waals surface area contributed by atoms with E-state index in [1.165, 1.54) is 7.11 Å². The minimum absolute atomic E-state index is 0.0208. The molecule has 7 heteroatoms. The number of nitrogens with one attached hydrogen (secondary N) is 2. The highest BCUT2D eigenvalue weighted by Crippen LogP contribution is 2.05. The number of aliphatic carboxylic acids is 1. The molecule has 24 heavy (non-hydrogen) atoms. The van der Waals surface area contributed by atoms with Crippen LogP contribution in [0.15, 0.2) is 24.3 Å². The van der Waals surface area contributed by atoms with Crippen molar-refractivity contribution in [1.29, 1.82) is 0 Å². The topological polar surface area (TPSA) is 105 Å². The van der Waals surface area contributed by atoms with Crippen LogP contribution in [0, 0.1) is 0 Å². The Morgan fingerprint density at radius 3 is 2.38 bits per heavy atom. The molecule has 1 aromatic rings. The van der Waals surface area contributed by atoms with Crippen LogP contribution in [-0.4, -0.2) is 43.2 Å². The molecular weight excluding hydrogens is 312 g/mol. The van der Waals surface area contributed by atoms with Gasteiger partial charge in [-0.1, -0.05) is 18.6 Å². The van der Waals surface area contributed by atoms with Crippen LogP contribution in [0.2, 0.25) is 0 Å². The van der Waals surface area contributed by atoms with E-state index in [1.54, 1.807) is 24.3 Å². The van der Waals surface area contributed by atoms with E-state index in [9.17, 15) is 14.4 Å². The first-order chi connectivity index (χ1) is 11.5. The van der Waals surface area contributed by atoms with Crippen molar-refractivity contribution < 1.29 is 24.2 Å². The van der Waals surface area contributed by atoms with Crippen molar-refractivity contribution in [3.63, 3.8) is 0 Å². The summed E-state index contributed by atoms with van der Waals surface area (Å²) < 4.78 is 4.72. The fourth-order valence-electron chi connectivity index (χ4n) is 2.04. The molecule has 0 aliphatic carbocycles. The number of methoxy groups -OCH3 is 1. The number of carbonyl (C=O) groups excluding carboxylic acids is 2. The third kappa shape index (κ3) is 8.28. The van der Waals surface area contributed by atoms with Crippen LogP contribution in [0.1, 0.15) is 41.6 Å². The van der Waals surface area contributed by atoms with Crippen molar-refractivity contribution >= 4 is 17.8 Å². The molecule has 0 radical (unpaired) electrons. The van der Waals surface area contributed by atoms with Gasteiger partial charge in [0.15, 0.2) is 0 Å². The van der Waals surface area contributed by atoms with Crippen LogP contribution < -0.4 is 10.6 Å². The van der Waals surface area contributed by atoms with Gasteiger partial charge in [0.25, 0.3) is 5.91 Å². The number of amides is 2. The van der Waals surface area contributed by atoms with Gasteiger partial charge in [0.1, 0.15) is 6.61 Å². The number of benzene rings is 1. The Balaban J connectivity index is 2.28. The third-order valence-electron chi connectivity index (χ3n) is 3.33. The summed E-state index contributed by atoms with van der Waals surface area (Å²) in [5.41, 5.74) is 1.44. The quantitative estimate of drug-likeness (QED) is 0.529. The van der Waals surface area contributed by atoms with Gasteiger partial charge in [-0.2, -0.15) is 0 Å². The van der Waals surface area contributed by atoms with Gasteiger partial charge >= 0.3 is 5.97 Å². The lowest BCUT2D eigenvalue weighted by Gasteiger charge is -2.07. The smallest absolute Gasteiger partial charge is 0.303 e. The number of unbranched alkanes of at least 4 members (excludes halogenated alkanes) is 2. The van der Waals surface area contributed by atoms with Crippen LogP contribution in [-0.2, 0) is 20.9 Å². The summed E-state index contributed by atoms with van der Waals surface area (Å²) >= 11 is 0. The number of carboxylic acid groups (broad SMARTS) is 1. The van der Waals surface area contributed by atoms with Crippen molar-refractivity contribution in [2.45, 2.75) is 32.2 Å². The van der Waals surface area contributed by atoms with E-state index in [2.05, 4.69) is 10.6 Å². The molecule has 0 aliphatic heterocycles. The molecule has 7 nitrogen and oxygen atoms in total. The predicted molar refractivity (Wildman–Crippen MR) is 88.6 cm³/mol. The second-order valence-corrected chi connectivity index (χ2v) is 5.37. The van der Waals surface area contributed by atoms with Gasteiger partial charge in [-0.05, 0) is 30.5 Å². The molecular formula is C17H24N2O5. The van der Waals surface area contributed by atoms with Crippen molar-refractivity contribution in [1.82, 2.24) is 10.6 Å². The average molecular weight is 336 g/mol. The van der Waals surface area contributed by atoms with Crippen molar-refractivity contribution in [3.05, 3.63) is 35.4 Å². The van der Waals surface area contributed by atoms with Gasteiger partial charge in [-0.3, -0.25) is 14.4 Å². The second-order valence-electron chi connectivity index (χ2n) is 5.37. The Hall–Kier alpha value is -2.41. The fraction of sp³-hybridized carbons (Fsp3) is 0.471. The normalized spacial score (nSPS) is 10.2. The van der Waals surface area contributed by atoms with E-state index in [-0.39, 0.29) is 24.8 Å². The third-order valence-corrected chi connectivity index (χ3v) is 3.33. The summed E-state index contributed by atoms with van der Waals surface area (Å²) in [5, 5.41) is 14.0. The molecule has 0 unspecified atom stereocenters. The summed E-state index contributed by atoms with van der Waals surface area (Å²) in [7, 11) is 1.46. The van der Waals surface area contributed by atoms with E-state index in [0.29, 0.717) is 25.1 Å². The lowest BCUT2D eigenvalue weighted by molar-refractivity contribution is -0.137. The summed E-state index contributed by atoms with van der Waals surface area (Å²) in [5.74, 6) is -1.15. The maximum absolute atomic E-state index is 12.0. The van der Waals surface area contributed by atoms with E-state index in [1.807, 2.05) is 0 Å². The summed E-state index contributed by atoms with van der Waals surface area (Å²) in [4.78, 5) is 33.6. The minimum Gasteiger partial charge on any atom is -0.481 e. The molecule has 0 fully saturated rings. The molecule has 0 bridgehead atoms. The van der Waals surface area contributed by atoms with Gasteiger partial charge in [-0.15, -0.1) is 0 Å². The Morgan fingerprint density at radius 1 is 1.04 bits per heavy atom. The number of rotatable bonds is 11. The Labute approximate surface area is 141 Å². The molecule has 132 valence electrons. The molecule has 1 rings (SSSR count). The van der Waals surface area contributed by atoms with Crippen LogP contribution in [0.4, 0.5) is 0 Å². The fourth-order valence-corrected chi connectivity index (χ4v) is 2.04. The summed E-state index contributed by atoms with van der Waals surface area (Å²) in [6.45, 7) is 0.925. The summed E-state index contributed by atoms with van der Waals surface area (Å²) in [6, 6.07) is 6.98. The standard InChI is InChI=1S/C17H24N2O5/c1-24-12-15(20)19-11-13-6-8-14(9-7-13)17(23)18-10-4-2-3-5-16(21)22/h6-9H,2-5,10-12H2,1H3,(H,18,23)(H,19,20)(H,21,22). The number of hydrogen-bond donors (Lipinski definition) is 3. The largest absolute Gasteiger partial charge is 0.481 e. The molecule has 0 spiro atoms. The van der Waals surface area contributed by atoms with Gasteiger partial charge in [0, 0.05) is 32.2 Å². The lowest BCUT2D eigenvalue weighted by atomic mass is 10.1. The number of hydrogen-bond acceptors (Lipinski definition) is 4. The van der Waals surface area contributed by atoms with Crippen molar-refractivity contribution in [2.75, 3.05) is 20.3 Å². The predicted octanol–water partition coefficient (Wildman–Crippen LogP) is 1.32. The van der Waals surface area contributed by atoms with E-state index >= 15 is 0 Å². The molecule has 0 heterocycles. The van der Waals surface area contributed by atoms with Gasteiger partial charge in [0.2, 0.25) is 5.91 Å². The molecule has 0 aliphatic rings. The van der Waals surface area contributed by atoms with Crippen molar-refractivity contribution in [2.24, 2.45) is 0 Å². The Kier molecular flexibility index (Phi) is 9.14. The zero-order valence-corrected chi connectivity index (χ0v) is 13.8. The Morgan fingerprint density at radius 2 is 1.75 bits per heavy atom. The zero-order chi connectivity index (χ0) is 17.8. The second kappa shape index (κ2) is 11.2. The summed E-state index contributed by atoms with van der Waals surface area (Å²) in [6.07, 6.45) is 2.31. The van der Waals surface area contributed by atoms with Gasteiger partial charge < -0.3 is 20.5 Å². The molecule has 1 aromatic carbocycles. The van der Waals surface area contributed by atoms with Gasteiger partial charge in [0.05, 0.1) is 0 Å². The highest BCUT2D eigenvalue weighted by Gasteiger charge is 2.05. The molecule has 0 atom stereocenters. The van der Waals surface area contributed by atoms with Crippen LogP contribution in [0.3, 0.4) is 0 Å². The SMILES string of the molecule is COCC(=O)NCc1ccc(C(=O)NCCCCCC(=O)O)cc1. The number of ether oxygens (including phenoxy) is 1. The molecule has 0 saturated carbocycles. The lowest BCUT2D eigenvalue weighted by Crippen LogP contribution is -2.26. The van der Waals surface area contributed by atoms with E-state index in [0.717, 1.165) is 18.4 Å². The van der Waals surface area contributed by atoms with Crippen molar-refractivity contribution in [3.8, 4) is 0 Å². The first kappa shape index (κ1) is 19.6. The highest BCUT2D eigenvalue weighted by atomic mass is 16.5. The first-order valence-electron chi connectivity index (χ1n) is 7.87. The number of carbonyl (C=O) groups is 3. The van der Waals surface area contributed by atoms with Gasteiger partial charge in [-0.25, -0.2) is 0 Å². The van der Waals surface area contributed by atoms with E-state index < -0.39 is 5.97 Å².